The minimum atomic E-state index is -4.64. The Bertz CT molecular complexity index is 1490. The predicted molar refractivity (Wildman–Crippen MR) is 142 cm³/mol. The fourth-order valence-corrected chi connectivity index (χ4v) is 5.34. The van der Waals surface area contributed by atoms with Crippen LogP contribution in [0.4, 0.5) is 35.3 Å². The van der Waals surface area contributed by atoms with Gasteiger partial charge in [0.15, 0.2) is 11.6 Å². The van der Waals surface area contributed by atoms with Crippen LogP contribution in [-0.4, -0.2) is 70.2 Å². The summed E-state index contributed by atoms with van der Waals surface area (Å²) in [5, 5.41) is 2.93. The molecule has 0 aliphatic carbocycles. The second-order valence-electron chi connectivity index (χ2n) is 10.3. The molecule has 15 heteroatoms. The highest BCUT2D eigenvalue weighted by atomic mass is 35.5. The number of pyridine rings is 2. The van der Waals surface area contributed by atoms with Gasteiger partial charge >= 0.3 is 18.2 Å². The first kappa shape index (κ1) is 27.4. The van der Waals surface area contributed by atoms with Crippen LogP contribution >= 0.6 is 11.6 Å². The average molecular weight is 592 g/mol. The smallest absolute Gasteiger partial charge is 0.433 e. The van der Waals surface area contributed by atoms with Crippen molar-refractivity contribution in [3.05, 3.63) is 47.4 Å². The highest BCUT2D eigenvalue weighted by Gasteiger charge is 2.41. The van der Waals surface area contributed by atoms with Gasteiger partial charge in [0, 0.05) is 31.0 Å². The molecule has 2 amide bonds. The fourth-order valence-electron chi connectivity index (χ4n) is 5.08. The number of urea groups is 1. The number of amides is 2. The number of nitrogens with one attached hydrogen (secondary N) is 1. The van der Waals surface area contributed by atoms with Gasteiger partial charge in [-0.3, -0.25) is 15.2 Å². The molecule has 41 heavy (non-hydrogen) atoms. The highest BCUT2D eigenvalue weighted by molar-refractivity contribution is 6.33. The molecule has 6 heterocycles. The van der Waals surface area contributed by atoms with E-state index in [1.165, 1.54) is 23.2 Å². The van der Waals surface area contributed by atoms with Crippen molar-refractivity contribution >= 4 is 35.0 Å². The van der Waals surface area contributed by atoms with Crippen LogP contribution in [0.2, 0.25) is 5.02 Å². The number of carbonyl (C=O) groups excluding carboxylic acids is 1. The van der Waals surface area contributed by atoms with Crippen molar-refractivity contribution < 1.29 is 32.2 Å². The summed E-state index contributed by atoms with van der Waals surface area (Å²) in [6, 6.07) is 4.74. The second kappa shape index (κ2) is 10.3. The van der Waals surface area contributed by atoms with E-state index in [9.17, 15) is 18.0 Å². The summed E-state index contributed by atoms with van der Waals surface area (Å²) < 4.78 is 56.8. The van der Waals surface area contributed by atoms with E-state index < -0.39 is 23.7 Å². The van der Waals surface area contributed by atoms with Gasteiger partial charge in [-0.05, 0) is 44.5 Å². The third-order valence-electron chi connectivity index (χ3n) is 6.91. The number of rotatable bonds is 5. The Morgan fingerprint density at radius 1 is 1.22 bits per heavy atom. The molecule has 1 N–H and O–H groups in total. The number of fused-ring (bicyclic) bond motifs is 4. The van der Waals surface area contributed by atoms with Crippen LogP contribution in [0.1, 0.15) is 26.0 Å². The number of hydrogen-bond donors (Lipinski definition) is 1. The molecule has 0 aromatic carbocycles. The molecule has 3 aromatic heterocycles. The van der Waals surface area contributed by atoms with Crippen molar-refractivity contribution in [1.82, 2.24) is 19.9 Å². The molecule has 6 rings (SSSR count). The largest absolute Gasteiger partial charge is 0.461 e. The molecule has 2 bridgehead atoms. The van der Waals surface area contributed by atoms with Crippen molar-refractivity contribution in [2.24, 2.45) is 0 Å². The maximum atomic E-state index is 13.6. The van der Waals surface area contributed by atoms with E-state index in [1.807, 2.05) is 18.7 Å². The first-order valence-corrected chi connectivity index (χ1v) is 13.2. The summed E-state index contributed by atoms with van der Waals surface area (Å²) >= 11 is 6.51. The van der Waals surface area contributed by atoms with Gasteiger partial charge in [0.2, 0.25) is 0 Å². The molecule has 216 valence electrons. The molecule has 2 saturated heterocycles. The SMILES string of the molecule is CC1(C)OC[C@@H](COc2nccc(NC(=O)N3c4nc(-c5ccnc(C(F)(F)F)c5)c(Cl)cc4N4CC[C@H]3C4)n2)O1. The molecular formula is C26H25ClF3N7O4. The lowest BCUT2D eigenvalue weighted by atomic mass is 10.1. The number of anilines is 3. The van der Waals surface area contributed by atoms with Gasteiger partial charge in [-0.25, -0.2) is 14.8 Å². The van der Waals surface area contributed by atoms with Crippen molar-refractivity contribution in [2.75, 3.05) is 41.4 Å². The maximum absolute atomic E-state index is 13.6. The third-order valence-corrected chi connectivity index (χ3v) is 7.20. The van der Waals surface area contributed by atoms with E-state index in [0.717, 1.165) is 12.3 Å². The zero-order chi connectivity index (χ0) is 28.9. The number of carbonyl (C=O) groups is 1. The van der Waals surface area contributed by atoms with Crippen molar-refractivity contribution in [3.8, 4) is 17.3 Å². The van der Waals surface area contributed by atoms with Crippen LogP contribution < -0.4 is 19.9 Å². The summed E-state index contributed by atoms with van der Waals surface area (Å²) in [5.74, 6) is -0.210. The number of hydrogen-bond acceptors (Lipinski definition) is 9. The quantitative estimate of drug-likeness (QED) is 0.448. The Balaban J connectivity index is 1.25. The lowest BCUT2D eigenvalue weighted by Crippen LogP contribution is -2.48. The minimum Gasteiger partial charge on any atom is -0.461 e. The summed E-state index contributed by atoms with van der Waals surface area (Å²) in [7, 11) is 0. The van der Waals surface area contributed by atoms with Crippen molar-refractivity contribution in [1.29, 1.82) is 0 Å². The molecule has 2 fully saturated rings. The Kier molecular flexibility index (Phi) is 6.86. The first-order valence-electron chi connectivity index (χ1n) is 12.8. The molecule has 0 spiro atoms. The van der Waals surface area contributed by atoms with E-state index in [2.05, 4.69) is 25.3 Å². The molecule has 3 aliphatic heterocycles. The van der Waals surface area contributed by atoms with Crippen LogP contribution in [0.5, 0.6) is 6.01 Å². The lowest BCUT2D eigenvalue weighted by molar-refractivity contribution is -0.142. The molecule has 0 saturated carbocycles. The maximum Gasteiger partial charge on any atom is 0.433 e. The number of halogens is 4. The molecule has 0 radical (unpaired) electrons. The Morgan fingerprint density at radius 2 is 2.02 bits per heavy atom. The Labute approximate surface area is 237 Å². The van der Waals surface area contributed by atoms with E-state index >= 15 is 0 Å². The van der Waals surface area contributed by atoms with E-state index in [1.54, 1.807) is 6.07 Å². The standard InChI is InChI=1S/C26H25ClF3N7O4/c1-25(2)40-13-16(41-25)12-39-23-32-7-4-20(33-23)34-24(38)37-15-5-8-36(11-15)18-10-17(27)21(35-22(18)37)14-3-6-31-19(9-14)26(28,29)30/h3-4,6-7,9-10,15-16H,5,8,11-13H2,1-2H3,(H,32,33,34,38)/t15-,16+/m0/s1. The number of ether oxygens (including phenoxy) is 3. The monoisotopic (exact) mass is 591 g/mol. The summed E-state index contributed by atoms with van der Waals surface area (Å²) in [4.78, 5) is 33.6. The predicted octanol–water partition coefficient (Wildman–Crippen LogP) is 4.77. The normalized spacial score (nSPS) is 21.1. The number of nitrogens with zero attached hydrogens (tertiary/aromatic N) is 6. The fraction of sp³-hybridized carbons (Fsp3) is 0.423. The highest BCUT2D eigenvalue weighted by Crippen LogP contribution is 2.43. The third kappa shape index (κ3) is 5.59. The van der Waals surface area contributed by atoms with E-state index in [-0.39, 0.29) is 52.7 Å². The van der Waals surface area contributed by atoms with Crippen LogP contribution in [0.3, 0.4) is 0 Å². The van der Waals surface area contributed by atoms with Gasteiger partial charge in [-0.15, -0.1) is 0 Å². The molecule has 0 unspecified atom stereocenters. The summed E-state index contributed by atoms with van der Waals surface area (Å²) in [6.07, 6.45) is -1.76. The zero-order valence-corrected chi connectivity index (χ0v) is 22.7. The van der Waals surface area contributed by atoms with Gasteiger partial charge in [-0.2, -0.15) is 18.2 Å². The van der Waals surface area contributed by atoms with Crippen LogP contribution in [0, 0.1) is 0 Å². The van der Waals surface area contributed by atoms with E-state index in [4.69, 9.17) is 25.8 Å². The molecule has 3 aliphatic rings. The van der Waals surface area contributed by atoms with E-state index in [0.29, 0.717) is 31.8 Å². The van der Waals surface area contributed by atoms with Gasteiger partial charge in [0.1, 0.15) is 24.2 Å². The van der Waals surface area contributed by atoms with Gasteiger partial charge in [0.25, 0.3) is 0 Å². The molecular weight excluding hydrogens is 567 g/mol. The molecule has 11 nitrogen and oxygen atoms in total. The summed E-state index contributed by atoms with van der Waals surface area (Å²) in [5.41, 5.74) is -0.216. The van der Waals surface area contributed by atoms with Crippen LogP contribution in [0.25, 0.3) is 11.3 Å². The lowest BCUT2D eigenvalue weighted by Gasteiger charge is -2.36. The summed E-state index contributed by atoms with van der Waals surface area (Å²) in [6.45, 7) is 5.38. The topological polar surface area (TPSA) is 115 Å². The van der Waals surface area contributed by atoms with Crippen molar-refractivity contribution in [2.45, 2.75) is 44.4 Å². The Morgan fingerprint density at radius 3 is 2.78 bits per heavy atom. The molecule has 3 aromatic rings. The second-order valence-corrected chi connectivity index (χ2v) is 10.7. The molecule has 2 atom stereocenters. The van der Waals surface area contributed by atoms with Crippen LogP contribution in [0.15, 0.2) is 36.7 Å². The average Bonchev–Trinajstić information content (AvgIpc) is 3.50. The Hall–Kier alpha value is -3.75. The number of alkyl halides is 3. The van der Waals surface area contributed by atoms with Gasteiger partial charge < -0.3 is 19.1 Å². The first-order chi connectivity index (χ1) is 19.5. The van der Waals surface area contributed by atoms with Crippen molar-refractivity contribution in [3.63, 3.8) is 0 Å². The van der Waals surface area contributed by atoms with Gasteiger partial charge in [-0.1, -0.05) is 11.6 Å². The number of aromatic nitrogens is 4. The van der Waals surface area contributed by atoms with Gasteiger partial charge in [0.05, 0.1) is 29.1 Å². The minimum absolute atomic E-state index is 0.0486. The van der Waals surface area contributed by atoms with Crippen LogP contribution in [-0.2, 0) is 15.7 Å². The zero-order valence-electron chi connectivity index (χ0n) is 22.0.